The molecule has 124 valence electrons. The number of hydrogen-bond acceptors (Lipinski definition) is 2. The summed E-state index contributed by atoms with van der Waals surface area (Å²) in [7, 11) is 0. The lowest BCUT2D eigenvalue weighted by atomic mass is 9.84. The third-order valence-corrected chi connectivity index (χ3v) is 5.87. The first-order chi connectivity index (χ1) is 10.2. The highest BCUT2D eigenvalue weighted by Gasteiger charge is 2.27. The lowest BCUT2D eigenvalue weighted by Crippen LogP contribution is -2.44. The van der Waals surface area contributed by atoms with E-state index in [2.05, 4.69) is 31.0 Å². The fourth-order valence-electron chi connectivity index (χ4n) is 4.39. The summed E-state index contributed by atoms with van der Waals surface area (Å²) in [5.74, 6) is 2.75. The van der Waals surface area contributed by atoms with E-state index in [0.717, 1.165) is 23.8 Å². The van der Waals surface area contributed by atoms with Crippen molar-refractivity contribution < 1.29 is 0 Å². The lowest BCUT2D eigenvalue weighted by molar-refractivity contribution is 0.169. The van der Waals surface area contributed by atoms with Gasteiger partial charge in [-0.05, 0) is 75.9 Å². The van der Waals surface area contributed by atoms with Gasteiger partial charge < -0.3 is 10.2 Å². The topological polar surface area (TPSA) is 15.3 Å². The zero-order chi connectivity index (χ0) is 15.1. The van der Waals surface area contributed by atoms with Crippen molar-refractivity contribution in [1.82, 2.24) is 10.2 Å². The van der Waals surface area contributed by atoms with Gasteiger partial charge in [0.15, 0.2) is 0 Å². The van der Waals surface area contributed by atoms with E-state index in [4.69, 9.17) is 0 Å². The fraction of sp³-hybridized carbons (Fsp3) is 1.00. The average Bonchev–Trinajstić information content (AvgIpc) is 2.72. The maximum absolute atomic E-state index is 3.83. The lowest BCUT2D eigenvalue weighted by Gasteiger charge is -2.36. The van der Waals surface area contributed by atoms with E-state index in [0.29, 0.717) is 0 Å². The Morgan fingerprint density at radius 1 is 1.00 bits per heavy atom. The molecule has 1 aliphatic heterocycles. The Balaban J connectivity index is 1.81. The van der Waals surface area contributed by atoms with Crippen LogP contribution in [0.25, 0.3) is 0 Å². The van der Waals surface area contributed by atoms with Crippen molar-refractivity contribution in [2.75, 3.05) is 26.2 Å². The normalized spacial score (nSPS) is 32.3. The van der Waals surface area contributed by atoms with Crippen LogP contribution < -0.4 is 5.32 Å². The second-order valence-corrected chi connectivity index (χ2v) is 7.84. The summed E-state index contributed by atoms with van der Waals surface area (Å²) in [5, 5.41) is 3.83. The van der Waals surface area contributed by atoms with E-state index in [9.17, 15) is 0 Å². The zero-order valence-corrected chi connectivity index (χ0v) is 14.7. The SMILES string of the molecule is CCCNC1CCCCC1CN1CCCC(C(C)C)CC1. The molecule has 0 aromatic heterocycles. The molecule has 3 atom stereocenters. The molecule has 2 fully saturated rings. The van der Waals surface area contributed by atoms with Crippen LogP contribution in [-0.2, 0) is 0 Å². The van der Waals surface area contributed by atoms with Crippen LogP contribution in [-0.4, -0.2) is 37.1 Å². The van der Waals surface area contributed by atoms with Crippen molar-refractivity contribution in [3.8, 4) is 0 Å². The summed E-state index contributed by atoms with van der Waals surface area (Å²) < 4.78 is 0. The second kappa shape index (κ2) is 9.15. The van der Waals surface area contributed by atoms with Crippen LogP contribution >= 0.6 is 0 Å². The first-order valence-electron chi connectivity index (χ1n) is 9.66. The van der Waals surface area contributed by atoms with Crippen molar-refractivity contribution in [2.24, 2.45) is 17.8 Å². The summed E-state index contributed by atoms with van der Waals surface area (Å²) in [6.45, 7) is 12.4. The molecule has 2 aliphatic rings. The van der Waals surface area contributed by atoms with E-state index < -0.39 is 0 Å². The van der Waals surface area contributed by atoms with Gasteiger partial charge in [-0.25, -0.2) is 0 Å². The van der Waals surface area contributed by atoms with E-state index >= 15 is 0 Å². The van der Waals surface area contributed by atoms with Crippen molar-refractivity contribution in [1.29, 1.82) is 0 Å². The van der Waals surface area contributed by atoms with Crippen LogP contribution in [0.5, 0.6) is 0 Å². The number of likely N-dealkylation sites (tertiary alicyclic amines) is 1. The molecule has 1 N–H and O–H groups in total. The minimum Gasteiger partial charge on any atom is -0.314 e. The van der Waals surface area contributed by atoms with Crippen LogP contribution in [0.3, 0.4) is 0 Å². The van der Waals surface area contributed by atoms with Gasteiger partial charge in [-0.1, -0.05) is 33.6 Å². The third kappa shape index (κ3) is 5.56. The van der Waals surface area contributed by atoms with Gasteiger partial charge in [0.25, 0.3) is 0 Å². The molecule has 0 aromatic rings. The minimum absolute atomic E-state index is 0.794. The van der Waals surface area contributed by atoms with Crippen LogP contribution in [0.2, 0.25) is 0 Å². The van der Waals surface area contributed by atoms with Crippen molar-refractivity contribution in [2.45, 2.75) is 78.2 Å². The van der Waals surface area contributed by atoms with Gasteiger partial charge in [0.1, 0.15) is 0 Å². The van der Waals surface area contributed by atoms with Gasteiger partial charge in [-0.2, -0.15) is 0 Å². The first-order valence-corrected chi connectivity index (χ1v) is 9.66. The molecule has 2 rings (SSSR count). The largest absolute Gasteiger partial charge is 0.314 e. The molecule has 2 nitrogen and oxygen atoms in total. The molecule has 1 aliphatic carbocycles. The Labute approximate surface area is 133 Å². The Morgan fingerprint density at radius 3 is 2.57 bits per heavy atom. The minimum atomic E-state index is 0.794. The summed E-state index contributed by atoms with van der Waals surface area (Å²) in [5.41, 5.74) is 0. The molecule has 1 heterocycles. The number of nitrogens with zero attached hydrogens (tertiary/aromatic N) is 1. The molecular weight excluding hydrogens is 256 g/mol. The fourth-order valence-corrected chi connectivity index (χ4v) is 4.39. The Bertz CT molecular complexity index is 277. The second-order valence-electron chi connectivity index (χ2n) is 7.84. The molecule has 0 radical (unpaired) electrons. The molecular formula is C19H38N2. The predicted molar refractivity (Wildman–Crippen MR) is 92.7 cm³/mol. The van der Waals surface area contributed by atoms with Gasteiger partial charge in [0.05, 0.1) is 0 Å². The highest BCUT2D eigenvalue weighted by Crippen LogP contribution is 2.28. The summed E-state index contributed by atoms with van der Waals surface area (Å²) in [4.78, 5) is 2.79. The van der Waals surface area contributed by atoms with E-state index in [-0.39, 0.29) is 0 Å². The molecule has 0 spiro atoms. The smallest absolute Gasteiger partial charge is 0.0107 e. The Hall–Kier alpha value is -0.0800. The van der Waals surface area contributed by atoms with Gasteiger partial charge in [-0.3, -0.25) is 0 Å². The first kappa shape index (κ1) is 17.3. The maximum atomic E-state index is 3.83. The van der Waals surface area contributed by atoms with E-state index in [1.54, 1.807) is 0 Å². The monoisotopic (exact) mass is 294 g/mol. The molecule has 0 amide bonds. The standard InChI is InChI=1S/C19H38N2/c1-4-12-20-19-10-6-5-8-18(19)15-21-13-7-9-17(11-14-21)16(2)3/h16-20H,4-15H2,1-3H3. The van der Waals surface area contributed by atoms with Crippen LogP contribution in [0.4, 0.5) is 0 Å². The highest BCUT2D eigenvalue weighted by atomic mass is 15.1. The van der Waals surface area contributed by atoms with Gasteiger partial charge in [-0.15, -0.1) is 0 Å². The van der Waals surface area contributed by atoms with E-state index in [1.807, 2.05) is 0 Å². The van der Waals surface area contributed by atoms with Crippen molar-refractivity contribution in [3.05, 3.63) is 0 Å². The Morgan fingerprint density at radius 2 is 1.81 bits per heavy atom. The molecule has 2 heteroatoms. The molecule has 3 unspecified atom stereocenters. The molecule has 1 saturated heterocycles. The zero-order valence-electron chi connectivity index (χ0n) is 14.7. The summed E-state index contributed by atoms with van der Waals surface area (Å²) in [6.07, 6.45) is 11.3. The Kier molecular flexibility index (Phi) is 7.53. The van der Waals surface area contributed by atoms with E-state index in [1.165, 1.54) is 77.5 Å². The highest BCUT2D eigenvalue weighted by molar-refractivity contribution is 4.84. The molecule has 1 saturated carbocycles. The molecule has 0 bridgehead atoms. The van der Waals surface area contributed by atoms with Crippen LogP contribution in [0, 0.1) is 17.8 Å². The maximum Gasteiger partial charge on any atom is 0.0107 e. The van der Waals surface area contributed by atoms with Crippen molar-refractivity contribution >= 4 is 0 Å². The number of hydrogen-bond donors (Lipinski definition) is 1. The third-order valence-electron chi connectivity index (χ3n) is 5.87. The number of rotatable bonds is 6. The van der Waals surface area contributed by atoms with Gasteiger partial charge >= 0.3 is 0 Å². The number of nitrogens with one attached hydrogen (secondary N) is 1. The quantitative estimate of drug-likeness (QED) is 0.785. The average molecular weight is 295 g/mol. The summed E-state index contributed by atoms with van der Waals surface area (Å²) in [6, 6.07) is 0.794. The van der Waals surface area contributed by atoms with Crippen LogP contribution in [0.15, 0.2) is 0 Å². The van der Waals surface area contributed by atoms with Gasteiger partial charge in [0.2, 0.25) is 0 Å². The van der Waals surface area contributed by atoms with Crippen molar-refractivity contribution in [3.63, 3.8) is 0 Å². The molecule has 21 heavy (non-hydrogen) atoms. The molecule has 0 aromatic carbocycles. The van der Waals surface area contributed by atoms with Gasteiger partial charge in [0, 0.05) is 12.6 Å². The van der Waals surface area contributed by atoms with Crippen LogP contribution in [0.1, 0.15) is 72.1 Å². The predicted octanol–water partition coefficient (Wildman–Crippen LogP) is 4.30. The summed E-state index contributed by atoms with van der Waals surface area (Å²) >= 11 is 0.